The van der Waals surface area contributed by atoms with Gasteiger partial charge < -0.3 is 15.4 Å². The number of nitrogens with zero attached hydrogens (tertiary/aromatic N) is 1. The monoisotopic (exact) mass is 186 g/mol. The molecule has 0 bridgehead atoms. The van der Waals surface area contributed by atoms with Crippen molar-refractivity contribution >= 4 is 0 Å². The Morgan fingerprint density at radius 1 is 1.54 bits per heavy atom. The number of nitrogens with two attached hydrogens (primary N) is 1. The largest absolute Gasteiger partial charge is 0.378 e. The first-order valence-electron chi connectivity index (χ1n) is 5.28. The molecule has 0 amide bonds. The van der Waals surface area contributed by atoms with Crippen LogP contribution in [-0.2, 0) is 4.74 Å². The van der Waals surface area contributed by atoms with E-state index in [0.717, 1.165) is 38.6 Å². The summed E-state index contributed by atoms with van der Waals surface area (Å²) in [6.45, 7) is 6.02. The molecule has 0 aliphatic carbocycles. The minimum atomic E-state index is 0.486. The maximum Gasteiger partial charge on any atom is 0.0613 e. The predicted molar refractivity (Wildman–Crippen MR) is 54.7 cm³/mol. The minimum absolute atomic E-state index is 0.486. The fraction of sp³-hybridized carbons (Fsp3) is 1.00. The van der Waals surface area contributed by atoms with E-state index < -0.39 is 0 Å². The van der Waals surface area contributed by atoms with Gasteiger partial charge in [-0.1, -0.05) is 6.92 Å². The maximum atomic E-state index is 5.64. The zero-order valence-electron chi connectivity index (χ0n) is 8.83. The Hall–Kier alpha value is -0.120. The van der Waals surface area contributed by atoms with Crippen LogP contribution in [0.2, 0.25) is 0 Å². The highest BCUT2D eigenvalue weighted by atomic mass is 16.5. The van der Waals surface area contributed by atoms with Crippen LogP contribution >= 0.6 is 0 Å². The van der Waals surface area contributed by atoms with Gasteiger partial charge in [0, 0.05) is 26.2 Å². The molecule has 1 aliphatic heterocycles. The Morgan fingerprint density at radius 2 is 2.31 bits per heavy atom. The molecule has 0 spiro atoms. The van der Waals surface area contributed by atoms with Crippen molar-refractivity contribution < 1.29 is 4.74 Å². The van der Waals surface area contributed by atoms with E-state index >= 15 is 0 Å². The van der Waals surface area contributed by atoms with Gasteiger partial charge in [-0.25, -0.2) is 0 Å². The van der Waals surface area contributed by atoms with E-state index in [-0.39, 0.29) is 0 Å². The normalized spacial score (nSPS) is 28.6. The van der Waals surface area contributed by atoms with Crippen molar-refractivity contribution in [3.63, 3.8) is 0 Å². The predicted octanol–water partition coefficient (Wildman–Crippen LogP) is 0.692. The SMILES string of the molecule is CCC1OCCC1CN(C)CCN. The molecule has 1 heterocycles. The molecule has 1 saturated heterocycles. The summed E-state index contributed by atoms with van der Waals surface area (Å²) in [6, 6.07) is 0. The van der Waals surface area contributed by atoms with Crippen LogP contribution in [0.1, 0.15) is 19.8 Å². The van der Waals surface area contributed by atoms with E-state index in [1.165, 1.54) is 6.42 Å². The molecule has 0 saturated carbocycles. The van der Waals surface area contributed by atoms with Crippen LogP contribution in [0.15, 0.2) is 0 Å². The van der Waals surface area contributed by atoms with Crippen molar-refractivity contribution in [2.75, 3.05) is 33.3 Å². The standard InChI is InChI=1S/C10H22N2O/c1-3-10-9(4-7-13-10)8-12(2)6-5-11/h9-10H,3-8,11H2,1-2H3. The van der Waals surface area contributed by atoms with Gasteiger partial charge in [0.1, 0.15) is 0 Å². The average molecular weight is 186 g/mol. The van der Waals surface area contributed by atoms with Crippen LogP contribution in [0.25, 0.3) is 0 Å². The third-order valence-corrected chi connectivity index (χ3v) is 2.81. The molecule has 2 N–H and O–H groups in total. The first-order valence-corrected chi connectivity index (χ1v) is 5.28. The van der Waals surface area contributed by atoms with Crippen LogP contribution in [0.4, 0.5) is 0 Å². The Morgan fingerprint density at radius 3 is 2.92 bits per heavy atom. The molecule has 78 valence electrons. The van der Waals surface area contributed by atoms with Crippen LogP contribution in [0.3, 0.4) is 0 Å². The van der Waals surface area contributed by atoms with Gasteiger partial charge in [0.15, 0.2) is 0 Å². The molecule has 0 aromatic heterocycles. The van der Waals surface area contributed by atoms with Crippen molar-refractivity contribution in [3.05, 3.63) is 0 Å². The highest BCUT2D eigenvalue weighted by Crippen LogP contribution is 2.23. The van der Waals surface area contributed by atoms with Crippen molar-refractivity contribution in [1.29, 1.82) is 0 Å². The van der Waals surface area contributed by atoms with E-state index in [1.54, 1.807) is 0 Å². The van der Waals surface area contributed by atoms with Gasteiger partial charge in [-0.2, -0.15) is 0 Å². The molecule has 3 heteroatoms. The smallest absolute Gasteiger partial charge is 0.0613 e. The van der Waals surface area contributed by atoms with Gasteiger partial charge in [-0.3, -0.25) is 0 Å². The second-order valence-corrected chi connectivity index (χ2v) is 3.92. The van der Waals surface area contributed by atoms with E-state index in [9.17, 15) is 0 Å². The third-order valence-electron chi connectivity index (χ3n) is 2.81. The molecule has 13 heavy (non-hydrogen) atoms. The topological polar surface area (TPSA) is 38.5 Å². The lowest BCUT2D eigenvalue weighted by molar-refractivity contribution is 0.0787. The van der Waals surface area contributed by atoms with Gasteiger partial charge >= 0.3 is 0 Å². The van der Waals surface area contributed by atoms with Crippen LogP contribution in [0.5, 0.6) is 0 Å². The first kappa shape index (κ1) is 11.0. The van der Waals surface area contributed by atoms with Gasteiger partial charge in [0.2, 0.25) is 0 Å². The minimum Gasteiger partial charge on any atom is -0.378 e. The lowest BCUT2D eigenvalue weighted by Crippen LogP contribution is -2.33. The average Bonchev–Trinajstić information content (AvgIpc) is 2.52. The van der Waals surface area contributed by atoms with E-state index in [0.29, 0.717) is 6.10 Å². The Balaban J connectivity index is 2.26. The molecule has 0 aromatic carbocycles. The summed E-state index contributed by atoms with van der Waals surface area (Å²) in [5, 5.41) is 0. The van der Waals surface area contributed by atoms with Crippen molar-refractivity contribution in [3.8, 4) is 0 Å². The molecular formula is C10H22N2O. The molecular weight excluding hydrogens is 164 g/mol. The lowest BCUT2D eigenvalue weighted by atomic mass is 9.99. The van der Waals surface area contributed by atoms with Gasteiger partial charge in [0.25, 0.3) is 0 Å². The van der Waals surface area contributed by atoms with Gasteiger partial charge in [0.05, 0.1) is 6.10 Å². The van der Waals surface area contributed by atoms with Crippen LogP contribution < -0.4 is 5.73 Å². The fourth-order valence-electron chi connectivity index (χ4n) is 2.06. The summed E-state index contributed by atoms with van der Waals surface area (Å²) in [5.74, 6) is 0.724. The summed E-state index contributed by atoms with van der Waals surface area (Å²) < 4.78 is 5.64. The number of likely N-dealkylation sites (N-methyl/N-ethyl adjacent to an activating group) is 1. The van der Waals surface area contributed by atoms with Crippen LogP contribution in [-0.4, -0.2) is 44.3 Å². The second kappa shape index (κ2) is 5.58. The number of hydrogen-bond donors (Lipinski definition) is 1. The summed E-state index contributed by atoms with van der Waals surface area (Å²) >= 11 is 0. The van der Waals surface area contributed by atoms with Crippen molar-refractivity contribution in [2.45, 2.75) is 25.9 Å². The van der Waals surface area contributed by atoms with Crippen molar-refractivity contribution in [2.24, 2.45) is 11.7 Å². The zero-order chi connectivity index (χ0) is 9.68. The fourth-order valence-corrected chi connectivity index (χ4v) is 2.06. The molecule has 1 rings (SSSR count). The van der Waals surface area contributed by atoms with E-state index in [2.05, 4.69) is 18.9 Å². The summed E-state index contributed by atoms with van der Waals surface area (Å²) in [6.07, 6.45) is 2.84. The molecule has 0 aromatic rings. The number of hydrogen-bond acceptors (Lipinski definition) is 3. The summed E-state index contributed by atoms with van der Waals surface area (Å²) in [5.41, 5.74) is 5.50. The zero-order valence-corrected chi connectivity index (χ0v) is 8.83. The number of rotatable bonds is 5. The summed E-state index contributed by atoms with van der Waals surface area (Å²) in [4.78, 5) is 2.31. The highest BCUT2D eigenvalue weighted by molar-refractivity contribution is 4.77. The Labute approximate surface area is 81.2 Å². The lowest BCUT2D eigenvalue weighted by Gasteiger charge is -2.23. The van der Waals surface area contributed by atoms with E-state index in [4.69, 9.17) is 10.5 Å². The first-order chi connectivity index (χ1) is 6.27. The maximum absolute atomic E-state index is 5.64. The summed E-state index contributed by atoms with van der Waals surface area (Å²) in [7, 11) is 2.14. The molecule has 1 fully saturated rings. The number of ether oxygens (including phenoxy) is 1. The van der Waals surface area contributed by atoms with E-state index in [1.807, 2.05) is 0 Å². The van der Waals surface area contributed by atoms with Gasteiger partial charge in [-0.05, 0) is 25.8 Å². The van der Waals surface area contributed by atoms with Crippen LogP contribution in [0, 0.1) is 5.92 Å². The second-order valence-electron chi connectivity index (χ2n) is 3.92. The highest BCUT2D eigenvalue weighted by Gasteiger charge is 2.27. The molecule has 3 nitrogen and oxygen atoms in total. The third kappa shape index (κ3) is 3.25. The Kier molecular flexibility index (Phi) is 4.70. The quantitative estimate of drug-likeness (QED) is 0.686. The molecule has 1 aliphatic rings. The van der Waals surface area contributed by atoms with Gasteiger partial charge in [-0.15, -0.1) is 0 Å². The molecule has 2 atom stereocenters. The molecule has 2 unspecified atom stereocenters. The van der Waals surface area contributed by atoms with Crippen molar-refractivity contribution in [1.82, 2.24) is 4.90 Å². The molecule has 0 radical (unpaired) electrons. The Bertz CT molecular complexity index is 141.